The maximum absolute atomic E-state index is 12.4. The average Bonchev–Trinajstić information content (AvgIpc) is 2.63. The minimum atomic E-state index is -4.43. The fourth-order valence-electron chi connectivity index (χ4n) is 2.09. The van der Waals surface area contributed by atoms with Crippen LogP contribution in [0, 0.1) is 5.92 Å². The summed E-state index contributed by atoms with van der Waals surface area (Å²) in [6, 6.07) is 0. The van der Waals surface area contributed by atoms with E-state index >= 15 is 0 Å². The van der Waals surface area contributed by atoms with Crippen molar-refractivity contribution >= 4 is 5.78 Å². The first-order chi connectivity index (χ1) is 6.50. The average molecular weight is 202 g/mol. The van der Waals surface area contributed by atoms with E-state index < -0.39 is 11.9 Å². The summed E-state index contributed by atoms with van der Waals surface area (Å²) in [5.74, 6) is -0.687. The standard InChI is InChI=1S/C8H5F3N2O/c9-8(10,11)7-4-2-1-3(2)6(14)5(4)12-13-7/h2-3H,1H2,(H,12,13). The lowest BCUT2D eigenvalue weighted by Crippen LogP contribution is -2.08. The highest BCUT2D eigenvalue weighted by Crippen LogP contribution is 2.58. The Morgan fingerprint density at radius 3 is 2.71 bits per heavy atom. The minimum absolute atomic E-state index is 0.00132. The quantitative estimate of drug-likeness (QED) is 0.696. The van der Waals surface area contributed by atoms with Gasteiger partial charge in [-0.1, -0.05) is 0 Å². The molecule has 1 heterocycles. The molecule has 74 valence electrons. The Labute approximate surface area is 76.3 Å². The number of nitrogens with one attached hydrogen (secondary N) is 1. The molecule has 1 N–H and O–H groups in total. The molecule has 0 saturated heterocycles. The first kappa shape index (κ1) is 8.02. The highest BCUT2D eigenvalue weighted by molar-refractivity contribution is 6.04. The summed E-state index contributed by atoms with van der Waals surface area (Å²) in [5, 5.41) is 5.34. The maximum Gasteiger partial charge on any atom is 0.433 e. The summed E-state index contributed by atoms with van der Waals surface area (Å²) in [5.41, 5.74) is -0.753. The van der Waals surface area contributed by atoms with Crippen molar-refractivity contribution in [3.05, 3.63) is 17.0 Å². The van der Waals surface area contributed by atoms with Gasteiger partial charge in [-0.25, -0.2) is 0 Å². The van der Waals surface area contributed by atoms with Gasteiger partial charge in [-0.2, -0.15) is 18.3 Å². The second-order valence-corrected chi connectivity index (χ2v) is 3.67. The third-order valence-electron chi connectivity index (χ3n) is 2.82. The van der Waals surface area contributed by atoms with E-state index in [1.807, 2.05) is 5.10 Å². The lowest BCUT2D eigenvalue weighted by Gasteiger charge is -2.04. The van der Waals surface area contributed by atoms with Crippen LogP contribution in [0.15, 0.2) is 0 Å². The van der Waals surface area contributed by atoms with Gasteiger partial charge in [0.15, 0.2) is 5.78 Å². The zero-order valence-corrected chi connectivity index (χ0v) is 6.85. The molecule has 1 aromatic rings. The van der Waals surface area contributed by atoms with Gasteiger partial charge in [0.1, 0.15) is 11.4 Å². The van der Waals surface area contributed by atoms with Crippen LogP contribution in [0.2, 0.25) is 0 Å². The van der Waals surface area contributed by atoms with Crippen LogP contribution in [-0.4, -0.2) is 16.0 Å². The van der Waals surface area contributed by atoms with Crippen LogP contribution < -0.4 is 0 Å². The molecule has 2 atom stereocenters. The summed E-state index contributed by atoms with van der Waals surface area (Å²) in [6.45, 7) is 0. The molecule has 0 aliphatic heterocycles. The van der Waals surface area contributed by atoms with E-state index in [1.54, 1.807) is 0 Å². The Balaban J connectivity index is 2.19. The lowest BCUT2D eigenvalue weighted by molar-refractivity contribution is -0.141. The van der Waals surface area contributed by atoms with Crippen LogP contribution in [0.25, 0.3) is 0 Å². The van der Waals surface area contributed by atoms with Gasteiger partial charge in [0, 0.05) is 11.5 Å². The van der Waals surface area contributed by atoms with Gasteiger partial charge in [-0.3, -0.25) is 9.89 Å². The van der Waals surface area contributed by atoms with Gasteiger partial charge in [0.2, 0.25) is 0 Å². The third-order valence-corrected chi connectivity index (χ3v) is 2.82. The van der Waals surface area contributed by atoms with Gasteiger partial charge < -0.3 is 0 Å². The van der Waals surface area contributed by atoms with Crippen molar-refractivity contribution in [2.45, 2.75) is 18.5 Å². The van der Waals surface area contributed by atoms with Gasteiger partial charge in [0.05, 0.1) is 0 Å². The molecule has 0 amide bonds. The van der Waals surface area contributed by atoms with Crippen molar-refractivity contribution < 1.29 is 18.0 Å². The number of halogens is 3. The van der Waals surface area contributed by atoms with E-state index in [-0.39, 0.29) is 28.9 Å². The summed E-state index contributed by atoms with van der Waals surface area (Å²) in [6.07, 6.45) is -3.88. The number of aromatic amines is 1. The van der Waals surface area contributed by atoms with Gasteiger partial charge >= 0.3 is 6.18 Å². The second-order valence-electron chi connectivity index (χ2n) is 3.67. The Hall–Kier alpha value is -1.33. The van der Waals surface area contributed by atoms with Crippen LogP contribution in [0.3, 0.4) is 0 Å². The van der Waals surface area contributed by atoms with Gasteiger partial charge in [0.25, 0.3) is 0 Å². The fourth-order valence-corrected chi connectivity index (χ4v) is 2.09. The highest BCUT2D eigenvalue weighted by Gasteiger charge is 2.57. The number of aromatic nitrogens is 2. The zero-order chi connectivity index (χ0) is 10.1. The van der Waals surface area contributed by atoms with Crippen LogP contribution in [0.4, 0.5) is 13.2 Å². The topological polar surface area (TPSA) is 45.8 Å². The minimum Gasteiger partial charge on any atom is -0.292 e. The van der Waals surface area contributed by atoms with E-state index in [4.69, 9.17) is 0 Å². The SMILES string of the molecule is O=C1c2n[nH]c(C(F)(F)F)c2C2CC12. The van der Waals surface area contributed by atoms with E-state index in [0.717, 1.165) is 0 Å². The summed E-state index contributed by atoms with van der Waals surface area (Å²) in [4.78, 5) is 11.3. The Bertz CT molecular complexity index is 434. The zero-order valence-electron chi connectivity index (χ0n) is 6.85. The number of fused-ring (bicyclic) bond motifs is 3. The van der Waals surface area contributed by atoms with Crippen molar-refractivity contribution in [1.82, 2.24) is 10.2 Å². The molecule has 14 heavy (non-hydrogen) atoms. The summed E-state index contributed by atoms with van der Waals surface area (Å²) in [7, 11) is 0. The van der Waals surface area contributed by atoms with Crippen molar-refractivity contribution in [1.29, 1.82) is 0 Å². The molecule has 2 aliphatic carbocycles. The molecule has 6 heteroatoms. The predicted octanol–water partition coefficient (Wildman–Crippen LogP) is 1.73. The van der Waals surface area contributed by atoms with Crippen LogP contribution in [-0.2, 0) is 6.18 Å². The van der Waals surface area contributed by atoms with Crippen molar-refractivity contribution in [3.63, 3.8) is 0 Å². The molecule has 1 aromatic heterocycles. The van der Waals surface area contributed by atoms with Gasteiger partial charge in [-0.05, 0) is 12.3 Å². The number of alkyl halides is 3. The number of carbonyl (C=O) groups excluding carboxylic acids is 1. The van der Waals surface area contributed by atoms with Crippen molar-refractivity contribution in [3.8, 4) is 0 Å². The van der Waals surface area contributed by atoms with Crippen molar-refractivity contribution in [2.24, 2.45) is 5.92 Å². The molecular formula is C8H5F3N2O. The number of ketones is 1. The first-order valence-corrected chi connectivity index (χ1v) is 4.20. The number of nitrogens with zero attached hydrogens (tertiary/aromatic N) is 1. The Morgan fingerprint density at radius 2 is 2.07 bits per heavy atom. The van der Waals surface area contributed by atoms with E-state index in [0.29, 0.717) is 6.42 Å². The molecule has 0 radical (unpaired) electrons. The molecular weight excluding hydrogens is 197 g/mol. The normalized spacial score (nSPS) is 28.9. The molecule has 3 rings (SSSR count). The molecule has 2 unspecified atom stereocenters. The van der Waals surface area contributed by atoms with Crippen LogP contribution >= 0.6 is 0 Å². The maximum atomic E-state index is 12.4. The number of hydrogen-bond acceptors (Lipinski definition) is 2. The van der Waals surface area contributed by atoms with E-state index in [9.17, 15) is 18.0 Å². The lowest BCUT2D eigenvalue weighted by atomic mass is 10.1. The smallest absolute Gasteiger partial charge is 0.292 e. The molecule has 1 saturated carbocycles. The van der Waals surface area contributed by atoms with E-state index in [1.165, 1.54) is 0 Å². The van der Waals surface area contributed by atoms with Gasteiger partial charge in [-0.15, -0.1) is 0 Å². The molecule has 3 nitrogen and oxygen atoms in total. The fraction of sp³-hybridized carbons (Fsp3) is 0.500. The Kier molecular flexibility index (Phi) is 1.15. The van der Waals surface area contributed by atoms with Crippen LogP contribution in [0.1, 0.15) is 34.1 Å². The first-order valence-electron chi connectivity index (χ1n) is 4.20. The van der Waals surface area contributed by atoms with Crippen molar-refractivity contribution in [2.75, 3.05) is 0 Å². The molecule has 0 bridgehead atoms. The molecule has 2 aliphatic rings. The predicted molar refractivity (Wildman–Crippen MR) is 38.8 cm³/mol. The highest BCUT2D eigenvalue weighted by atomic mass is 19.4. The number of H-pyrrole nitrogens is 1. The van der Waals surface area contributed by atoms with E-state index in [2.05, 4.69) is 5.10 Å². The number of rotatable bonds is 0. The van der Waals surface area contributed by atoms with Crippen LogP contribution in [0.5, 0.6) is 0 Å². The molecule has 0 aromatic carbocycles. The number of Topliss-reactive ketones (excluding diaryl/α,β-unsaturated/α-hetero) is 1. The monoisotopic (exact) mass is 202 g/mol. The largest absolute Gasteiger partial charge is 0.433 e. The Morgan fingerprint density at radius 1 is 1.36 bits per heavy atom. The summed E-state index contributed by atoms with van der Waals surface area (Å²) >= 11 is 0. The third kappa shape index (κ3) is 0.784. The summed E-state index contributed by atoms with van der Waals surface area (Å²) < 4.78 is 37.2. The number of hydrogen-bond donors (Lipinski definition) is 1. The second kappa shape index (κ2) is 2.02. The molecule has 0 spiro atoms. The number of carbonyl (C=O) groups is 1. The molecule has 1 fully saturated rings.